The third-order valence-electron chi connectivity index (χ3n) is 3.81. The van der Waals surface area contributed by atoms with Crippen LogP contribution in [-0.2, 0) is 6.54 Å². The SMILES string of the molecule is CC[C@]1(O)CN(Cc2ccccc2)C[C@@H]1C. The van der Waals surface area contributed by atoms with Crippen molar-refractivity contribution >= 4 is 0 Å². The van der Waals surface area contributed by atoms with Crippen molar-refractivity contribution in [1.29, 1.82) is 0 Å². The predicted molar refractivity (Wildman–Crippen MR) is 66.1 cm³/mol. The highest BCUT2D eigenvalue weighted by Crippen LogP contribution is 2.30. The lowest BCUT2D eigenvalue weighted by atomic mass is 9.90. The molecule has 16 heavy (non-hydrogen) atoms. The number of nitrogens with zero attached hydrogens (tertiary/aromatic N) is 1. The van der Waals surface area contributed by atoms with Gasteiger partial charge in [-0.05, 0) is 17.9 Å². The molecule has 1 aromatic rings. The highest BCUT2D eigenvalue weighted by atomic mass is 16.3. The van der Waals surface area contributed by atoms with Crippen LogP contribution in [0.1, 0.15) is 25.8 Å². The van der Waals surface area contributed by atoms with Crippen molar-refractivity contribution in [3.8, 4) is 0 Å². The summed E-state index contributed by atoms with van der Waals surface area (Å²) < 4.78 is 0. The van der Waals surface area contributed by atoms with Crippen LogP contribution in [0.25, 0.3) is 0 Å². The van der Waals surface area contributed by atoms with Gasteiger partial charge in [-0.1, -0.05) is 44.2 Å². The summed E-state index contributed by atoms with van der Waals surface area (Å²) in [6, 6.07) is 10.5. The number of β-amino-alcohol motifs (C(OH)–C–C–N with tert-alkyl or cyclic N) is 1. The lowest BCUT2D eigenvalue weighted by molar-refractivity contribution is 0.0136. The van der Waals surface area contributed by atoms with E-state index in [1.807, 2.05) is 6.07 Å². The largest absolute Gasteiger partial charge is 0.388 e. The van der Waals surface area contributed by atoms with Crippen LogP contribution in [0.15, 0.2) is 30.3 Å². The summed E-state index contributed by atoms with van der Waals surface area (Å²) in [4.78, 5) is 2.35. The normalized spacial score (nSPS) is 30.8. The molecule has 1 aliphatic rings. The van der Waals surface area contributed by atoms with E-state index in [0.29, 0.717) is 5.92 Å². The van der Waals surface area contributed by atoms with Crippen LogP contribution in [0.4, 0.5) is 0 Å². The quantitative estimate of drug-likeness (QED) is 0.843. The first-order valence-corrected chi connectivity index (χ1v) is 6.13. The number of hydrogen-bond donors (Lipinski definition) is 1. The van der Waals surface area contributed by atoms with Crippen molar-refractivity contribution in [1.82, 2.24) is 4.90 Å². The zero-order chi connectivity index (χ0) is 11.6. The molecule has 1 saturated heterocycles. The van der Waals surface area contributed by atoms with Gasteiger partial charge >= 0.3 is 0 Å². The summed E-state index contributed by atoms with van der Waals surface area (Å²) >= 11 is 0. The molecule has 1 fully saturated rings. The monoisotopic (exact) mass is 219 g/mol. The second-order valence-electron chi connectivity index (χ2n) is 5.01. The molecule has 2 heteroatoms. The summed E-state index contributed by atoms with van der Waals surface area (Å²) in [7, 11) is 0. The van der Waals surface area contributed by atoms with E-state index in [2.05, 4.69) is 43.0 Å². The van der Waals surface area contributed by atoms with E-state index >= 15 is 0 Å². The average molecular weight is 219 g/mol. The smallest absolute Gasteiger partial charge is 0.0809 e. The first-order valence-electron chi connectivity index (χ1n) is 6.13. The molecule has 2 rings (SSSR count). The van der Waals surface area contributed by atoms with Crippen LogP contribution in [-0.4, -0.2) is 28.7 Å². The Labute approximate surface area is 97.9 Å². The molecule has 0 bridgehead atoms. The summed E-state index contributed by atoms with van der Waals surface area (Å²) in [5.74, 6) is 0.376. The van der Waals surface area contributed by atoms with E-state index in [0.717, 1.165) is 26.1 Å². The fraction of sp³-hybridized carbons (Fsp3) is 0.571. The van der Waals surface area contributed by atoms with Gasteiger partial charge in [0.15, 0.2) is 0 Å². The van der Waals surface area contributed by atoms with Crippen LogP contribution in [0, 0.1) is 5.92 Å². The summed E-state index contributed by atoms with van der Waals surface area (Å²) in [6.45, 7) is 6.98. The highest BCUT2D eigenvalue weighted by Gasteiger charge is 2.40. The maximum atomic E-state index is 10.4. The second-order valence-corrected chi connectivity index (χ2v) is 5.01. The number of benzene rings is 1. The average Bonchev–Trinajstić information content (AvgIpc) is 2.56. The van der Waals surface area contributed by atoms with Crippen LogP contribution in [0.2, 0.25) is 0 Å². The van der Waals surface area contributed by atoms with E-state index in [1.165, 1.54) is 5.56 Å². The Morgan fingerprint density at radius 2 is 2.06 bits per heavy atom. The van der Waals surface area contributed by atoms with Crippen molar-refractivity contribution < 1.29 is 5.11 Å². The van der Waals surface area contributed by atoms with Crippen molar-refractivity contribution in [2.45, 2.75) is 32.4 Å². The molecule has 88 valence electrons. The first-order chi connectivity index (χ1) is 7.64. The van der Waals surface area contributed by atoms with E-state index in [4.69, 9.17) is 0 Å². The Bertz CT molecular complexity index is 338. The first kappa shape index (κ1) is 11.6. The van der Waals surface area contributed by atoms with Crippen LogP contribution < -0.4 is 0 Å². The molecule has 0 aliphatic carbocycles. The third kappa shape index (κ3) is 2.28. The van der Waals surface area contributed by atoms with Gasteiger partial charge in [0.05, 0.1) is 5.60 Å². The van der Waals surface area contributed by atoms with Crippen LogP contribution in [0.5, 0.6) is 0 Å². The van der Waals surface area contributed by atoms with Gasteiger partial charge in [-0.25, -0.2) is 0 Å². The molecule has 0 spiro atoms. The van der Waals surface area contributed by atoms with E-state index in [-0.39, 0.29) is 0 Å². The molecule has 2 atom stereocenters. The number of rotatable bonds is 3. The van der Waals surface area contributed by atoms with Crippen molar-refractivity contribution in [3.05, 3.63) is 35.9 Å². The van der Waals surface area contributed by atoms with Crippen molar-refractivity contribution in [3.63, 3.8) is 0 Å². The molecule has 1 aromatic carbocycles. The zero-order valence-electron chi connectivity index (χ0n) is 10.2. The fourth-order valence-corrected chi connectivity index (χ4v) is 2.59. The van der Waals surface area contributed by atoms with Crippen molar-refractivity contribution in [2.24, 2.45) is 5.92 Å². The van der Waals surface area contributed by atoms with E-state index in [1.54, 1.807) is 0 Å². The number of aliphatic hydroxyl groups is 1. The molecular weight excluding hydrogens is 198 g/mol. The Hall–Kier alpha value is -0.860. The Balaban J connectivity index is 1.99. The molecule has 0 radical (unpaired) electrons. The van der Waals surface area contributed by atoms with Gasteiger partial charge < -0.3 is 5.11 Å². The van der Waals surface area contributed by atoms with Gasteiger partial charge in [0.25, 0.3) is 0 Å². The molecule has 0 saturated carbocycles. The standard InChI is InChI=1S/C14H21NO/c1-3-14(16)11-15(9-12(14)2)10-13-7-5-4-6-8-13/h4-8,12,16H,3,9-11H2,1-2H3/t12-,14-/m0/s1. The number of hydrogen-bond acceptors (Lipinski definition) is 2. The van der Waals surface area contributed by atoms with Crippen LogP contribution >= 0.6 is 0 Å². The van der Waals surface area contributed by atoms with Gasteiger partial charge in [0.1, 0.15) is 0 Å². The lowest BCUT2D eigenvalue weighted by Crippen LogP contribution is -2.36. The maximum absolute atomic E-state index is 10.4. The molecule has 2 nitrogen and oxygen atoms in total. The van der Waals surface area contributed by atoms with Crippen molar-refractivity contribution in [2.75, 3.05) is 13.1 Å². The summed E-state index contributed by atoms with van der Waals surface area (Å²) in [5.41, 5.74) is 0.851. The van der Waals surface area contributed by atoms with E-state index < -0.39 is 5.60 Å². The Morgan fingerprint density at radius 1 is 1.38 bits per heavy atom. The van der Waals surface area contributed by atoms with Gasteiger partial charge in [0.2, 0.25) is 0 Å². The maximum Gasteiger partial charge on any atom is 0.0809 e. The molecule has 1 N–H and O–H groups in total. The minimum atomic E-state index is -0.477. The molecule has 0 amide bonds. The van der Waals surface area contributed by atoms with Crippen LogP contribution in [0.3, 0.4) is 0 Å². The number of likely N-dealkylation sites (tertiary alicyclic amines) is 1. The Kier molecular flexibility index (Phi) is 3.31. The zero-order valence-corrected chi connectivity index (χ0v) is 10.2. The second kappa shape index (κ2) is 4.56. The molecule has 1 aliphatic heterocycles. The Morgan fingerprint density at radius 3 is 2.62 bits per heavy atom. The topological polar surface area (TPSA) is 23.5 Å². The molecular formula is C14H21NO. The molecule has 0 unspecified atom stereocenters. The third-order valence-corrected chi connectivity index (χ3v) is 3.81. The summed E-state index contributed by atoms with van der Waals surface area (Å²) in [6.07, 6.45) is 0.847. The fourth-order valence-electron chi connectivity index (χ4n) is 2.59. The van der Waals surface area contributed by atoms with Gasteiger partial charge in [-0.2, -0.15) is 0 Å². The minimum absolute atomic E-state index is 0.376. The highest BCUT2D eigenvalue weighted by molar-refractivity contribution is 5.15. The summed E-state index contributed by atoms with van der Waals surface area (Å²) in [5, 5.41) is 10.4. The van der Waals surface area contributed by atoms with Gasteiger partial charge in [-0.15, -0.1) is 0 Å². The molecule has 0 aromatic heterocycles. The minimum Gasteiger partial charge on any atom is -0.388 e. The molecule has 1 heterocycles. The van der Waals surface area contributed by atoms with Gasteiger partial charge in [0, 0.05) is 19.6 Å². The lowest BCUT2D eigenvalue weighted by Gasteiger charge is -2.25. The van der Waals surface area contributed by atoms with E-state index in [9.17, 15) is 5.11 Å². The van der Waals surface area contributed by atoms with Gasteiger partial charge in [-0.3, -0.25) is 4.90 Å². The predicted octanol–water partition coefficient (Wildman–Crippen LogP) is 2.28.